The molecule has 0 bridgehead atoms. The van der Waals surface area contributed by atoms with Crippen LogP contribution in [0.4, 0.5) is 0 Å². The van der Waals surface area contributed by atoms with Crippen molar-refractivity contribution < 1.29 is 0 Å². The third-order valence-electron chi connectivity index (χ3n) is 3.23. The van der Waals surface area contributed by atoms with Gasteiger partial charge in [0.1, 0.15) is 0 Å². The molecule has 2 fully saturated rings. The molecule has 3 rings (SSSR count). The summed E-state index contributed by atoms with van der Waals surface area (Å²) in [6.07, 6.45) is 2.82. The molecule has 1 unspecified atom stereocenters. The van der Waals surface area contributed by atoms with Crippen LogP contribution in [0.25, 0.3) is 0 Å². The quantitative estimate of drug-likeness (QED) is 0.821. The second kappa shape index (κ2) is 3.33. The molecule has 76 valence electrons. The SMILES string of the molecule is NC1CN(C(c2cccs2)C2CC2)C1. The topological polar surface area (TPSA) is 29.3 Å². The van der Waals surface area contributed by atoms with Crippen LogP contribution in [-0.4, -0.2) is 24.0 Å². The molecule has 2 aliphatic rings. The predicted molar refractivity (Wildman–Crippen MR) is 59.3 cm³/mol. The number of rotatable bonds is 3. The maximum atomic E-state index is 5.84. The standard InChI is InChI=1S/C11H16N2S/c12-9-6-13(7-9)11(8-3-4-8)10-2-1-5-14-10/h1-2,5,8-9,11H,3-4,6-7,12H2. The Morgan fingerprint density at radius 3 is 2.71 bits per heavy atom. The molecule has 0 radical (unpaired) electrons. The fourth-order valence-electron chi connectivity index (χ4n) is 2.36. The van der Waals surface area contributed by atoms with Crippen LogP contribution in [0.15, 0.2) is 17.5 Å². The first-order valence-electron chi connectivity index (χ1n) is 5.37. The minimum Gasteiger partial charge on any atom is -0.325 e. The first kappa shape index (κ1) is 8.89. The van der Waals surface area contributed by atoms with Crippen molar-refractivity contribution in [3.05, 3.63) is 22.4 Å². The number of likely N-dealkylation sites (tertiary alicyclic amines) is 1. The summed E-state index contributed by atoms with van der Waals surface area (Å²) in [5.41, 5.74) is 5.84. The summed E-state index contributed by atoms with van der Waals surface area (Å²) in [5, 5.41) is 2.18. The van der Waals surface area contributed by atoms with Gasteiger partial charge in [0.15, 0.2) is 0 Å². The van der Waals surface area contributed by atoms with Gasteiger partial charge < -0.3 is 5.73 Å². The minimum atomic E-state index is 0.427. The summed E-state index contributed by atoms with van der Waals surface area (Å²) in [6, 6.07) is 5.55. The van der Waals surface area contributed by atoms with Crippen LogP contribution in [0.1, 0.15) is 23.8 Å². The van der Waals surface area contributed by atoms with E-state index >= 15 is 0 Å². The maximum Gasteiger partial charge on any atom is 0.0470 e. The highest BCUT2D eigenvalue weighted by Gasteiger charge is 2.40. The molecule has 1 aliphatic carbocycles. The maximum absolute atomic E-state index is 5.84. The number of thiophene rings is 1. The summed E-state index contributed by atoms with van der Waals surface area (Å²) >= 11 is 1.90. The Labute approximate surface area is 88.7 Å². The molecular weight excluding hydrogens is 192 g/mol. The van der Waals surface area contributed by atoms with Crippen LogP contribution in [0.2, 0.25) is 0 Å². The summed E-state index contributed by atoms with van der Waals surface area (Å²) in [4.78, 5) is 4.09. The lowest BCUT2D eigenvalue weighted by Gasteiger charge is -2.42. The molecule has 2 N–H and O–H groups in total. The third-order valence-corrected chi connectivity index (χ3v) is 4.18. The van der Waals surface area contributed by atoms with Gasteiger partial charge in [-0.3, -0.25) is 4.90 Å². The summed E-state index contributed by atoms with van der Waals surface area (Å²) in [5.74, 6) is 0.918. The van der Waals surface area contributed by atoms with Crippen LogP contribution in [0.5, 0.6) is 0 Å². The molecule has 3 heteroatoms. The highest BCUT2D eigenvalue weighted by Crippen LogP contribution is 2.46. The highest BCUT2D eigenvalue weighted by molar-refractivity contribution is 7.10. The third kappa shape index (κ3) is 1.49. The Morgan fingerprint density at radius 1 is 1.43 bits per heavy atom. The largest absolute Gasteiger partial charge is 0.325 e. The van der Waals surface area contributed by atoms with Crippen LogP contribution in [0, 0.1) is 5.92 Å². The molecule has 1 aromatic heterocycles. The smallest absolute Gasteiger partial charge is 0.0470 e. The van der Waals surface area contributed by atoms with Gasteiger partial charge in [-0.05, 0) is 30.2 Å². The molecule has 1 aromatic rings. The van der Waals surface area contributed by atoms with Gasteiger partial charge >= 0.3 is 0 Å². The van der Waals surface area contributed by atoms with Crippen molar-refractivity contribution in [2.45, 2.75) is 24.9 Å². The van der Waals surface area contributed by atoms with Crippen LogP contribution < -0.4 is 5.73 Å². The van der Waals surface area contributed by atoms with E-state index in [4.69, 9.17) is 5.73 Å². The van der Waals surface area contributed by atoms with E-state index in [0.29, 0.717) is 12.1 Å². The Balaban J connectivity index is 1.76. The van der Waals surface area contributed by atoms with Gasteiger partial charge in [0.25, 0.3) is 0 Å². The van der Waals surface area contributed by atoms with E-state index in [0.717, 1.165) is 19.0 Å². The predicted octanol–water partition coefficient (Wildman–Crippen LogP) is 1.84. The lowest BCUT2D eigenvalue weighted by atomic mass is 10.0. The molecule has 0 aromatic carbocycles. The normalized spacial score (nSPS) is 26.1. The van der Waals surface area contributed by atoms with Crippen LogP contribution >= 0.6 is 11.3 Å². The first-order chi connectivity index (χ1) is 6.84. The lowest BCUT2D eigenvalue weighted by Crippen LogP contribution is -2.56. The zero-order chi connectivity index (χ0) is 9.54. The molecule has 1 aliphatic heterocycles. The van der Waals surface area contributed by atoms with Crippen molar-refractivity contribution in [2.75, 3.05) is 13.1 Å². The van der Waals surface area contributed by atoms with Gasteiger partial charge in [0.2, 0.25) is 0 Å². The highest BCUT2D eigenvalue weighted by atomic mass is 32.1. The molecule has 2 heterocycles. The van der Waals surface area contributed by atoms with Crippen molar-refractivity contribution in [3.8, 4) is 0 Å². The first-order valence-corrected chi connectivity index (χ1v) is 6.25. The molecule has 0 amide bonds. The summed E-state index contributed by atoms with van der Waals surface area (Å²) in [6.45, 7) is 2.19. The summed E-state index contributed by atoms with van der Waals surface area (Å²) in [7, 11) is 0. The van der Waals surface area contributed by atoms with Gasteiger partial charge in [-0.1, -0.05) is 6.07 Å². The number of hydrogen-bond donors (Lipinski definition) is 1. The summed E-state index contributed by atoms with van der Waals surface area (Å²) < 4.78 is 0. The second-order valence-corrected chi connectivity index (χ2v) is 5.49. The molecular formula is C11H16N2S. The van der Waals surface area contributed by atoms with Crippen molar-refractivity contribution in [1.82, 2.24) is 4.90 Å². The molecule has 14 heavy (non-hydrogen) atoms. The molecule has 1 atom stereocenters. The van der Waals surface area contributed by atoms with E-state index in [9.17, 15) is 0 Å². The zero-order valence-electron chi connectivity index (χ0n) is 8.23. The van der Waals surface area contributed by atoms with Crippen LogP contribution in [0.3, 0.4) is 0 Å². The molecule has 1 saturated heterocycles. The fourth-order valence-corrected chi connectivity index (χ4v) is 3.31. The Morgan fingerprint density at radius 2 is 2.21 bits per heavy atom. The second-order valence-electron chi connectivity index (χ2n) is 4.51. The lowest BCUT2D eigenvalue weighted by molar-refractivity contribution is 0.0829. The van der Waals surface area contributed by atoms with E-state index in [-0.39, 0.29) is 0 Å². The van der Waals surface area contributed by atoms with Crippen molar-refractivity contribution in [3.63, 3.8) is 0 Å². The fraction of sp³-hybridized carbons (Fsp3) is 0.636. The van der Waals surface area contributed by atoms with E-state index in [1.807, 2.05) is 11.3 Å². The molecule has 0 spiro atoms. The van der Waals surface area contributed by atoms with Gasteiger partial charge in [-0.15, -0.1) is 11.3 Å². The number of nitrogens with two attached hydrogens (primary N) is 1. The number of hydrogen-bond acceptors (Lipinski definition) is 3. The zero-order valence-corrected chi connectivity index (χ0v) is 9.04. The van der Waals surface area contributed by atoms with Gasteiger partial charge in [-0.25, -0.2) is 0 Å². The Bertz CT molecular complexity index is 299. The Hall–Kier alpha value is -0.380. The van der Waals surface area contributed by atoms with Gasteiger partial charge in [0.05, 0.1) is 0 Å². The Kier molecular flexibility index (Phi) is 2.11. The monoisotopic (exact) mass is 208 g/mol. The minimum absolute atomic E-state index is 0.427. The van der Waals surface area contributed by atoms with E-state index in [2.05, 4.69) is 22.4 Å². The average molecular weight is 208 g/mol. The molecule has 2 nitrogen and oxygen atoms in total. The van der Waals surface area contributed by atoms with E-state index < -0.39 is 0 Å². The molecule has 1 saturated carbocycles. The van der Waals surface area contributed by atoms with Crippen molar-refractivity contribution in [1.29, 1.82) is 0 Å². The van der Waals surface area contributed by atoms with E-state index in [1.165, 1.54) is 12.8 Å². The van der Waals surface area contributed by atoms with Crippen molar-refractivity contribution in [2.24, 2.45) is 11.7 Å². The van der Waals surface area contributed by atoms with Gasteiger partial charge in [-0.2, -0.15) is 0 Å². The van der Waals surface area contributed by atoms with Crippen molar-refractivity contribution >= 4 is 11.3 Å². The van der Waals surface area contributed by atoms with Gasteiger partial charge in [0, 0.05) is 30.1 Å². The average Bonchev–Trinajstić information content (AvgIpc) is 2.79. The number of nitrogens with zero attached hydrogens (tertiary/aromatic N) is 1. The van der Waals surface area contributed by atoms with E-state index in [1.54, 1.807) is 4.88 Å². The van der Waals surface area contributed by atoms with Crippen LogP contribution in [-0.2, 0) is 0 Å².